The Balaban J connectivity index is 0.825. The minimum absolute atomic E-state index is 0.0618. The van der Waals surface area contributed by atoms with Crippen LogP contribution in [-0.4, -0.2) is 79.8 Å². The molecule has 10 rings (SSSR count). The number of piperidine rings is 1. The van der Waals surface area contributed by atoms with Crippen molar-refractivity contribution in [3.8, 4) is 11.1 Å². The van der Waals surface area contributed by atoms with Crippen molar-refractivity contribution in [2.45, 2.75) is 111 Å². The summed E-state index contributed by atoms with van der Waals surface area (Å²) in [6.07, 6.45) is 8.68. The fraction of sp³-hybridized carbons (Fsp3) is 0.362. The minimum Gasteiger partial charge on any atom is -0.361 e. The Morgan fingerprint density at radius 2 is 1.80 bits per heavy atom. The van der Waals surface area contributed by atoms with Gasteiger partial charge >= 0.3 is 0 Å². The number of imidazole rings is 1. The summed E-state index contributed by atoms with van der Waals surface area (Å²) in [6, 6.07) is 10.4. The Labute approximate surface area is 367 Å². The number of ketones is 1. The Hall–Kier alpha value is -7.30. The lowest BCUT2D eigenvalue weighted by Crippen LogP contribution is -2.54. The van der Waals surface area contributed by atoms with Crippen LogP contribution < -0.4 is 10.6 Å². The number of imide groups is 2. The molecule has 17 heteroatoms. The normalized spacial score (nSPS) is 16.4. The van der Waals surface area contributed by atoms with E-state index in [1.165, 1.54) is 0 Å². The molecule has 3 aliphatic rings. The van der Waals surface area contributed by atoms with Gasteiger partial charge in [-0.3, -0.25) is 34.2 Å². The minimum atomic E-state index is -1.02. The molecule has 1 saturated heterocycles. The van der Waals surface area contributed by atoms with Crippen LogP contribution in [0.3, 0.4) is 0 Å². The molecule has 2 aliphatic heterocycles. The number of aromatic nitrogens is 8. The van der Waals surface area contributed by atoms with Gasteiger partial charge in [0.2, 0.25) is 11.8 Å². The topological polar surface area (TPSA) is 216 Å². The lowest BCUT2D eigenvalue weighted by molar-refractivity contribution is -0.136. The summed E-state index contributed by atoms with van der Waals surface area (Å²) in [7, 11) is 0. The van der Waals surface area contributed by atoms with Crippen molar-refractivity contribution in [1.82, 2.24) is 49.7 Å². The first kappa shape index (κ1) is 40.8. The first-order chi connectivity index (χ1) is 30.9. The average Bonchev–Trinajstić information content (AvgIpc) is 3.49. The fourth-order valence-electron chi connectivity index (χ4n) is 9.19. The number of carbonyl (C=O) groups is 5. The van der Waals surface area contributed by atoms with Gasteiger partial charge in [-0.1, -0.05) is 17.3 Å². The van der Waals surface area contributed by atoms with Crippen molar-refractivity contribution < 1.29 is 28.5 Å². The number of hydrogen-bond donors (Lipinski definition) is 3. The van der Waals surface area contributed by atoms with Crippen molar-refractivity contribution in [3.05, 3.63) is 99.8 Å². The number of fused-ring (bicyclic) bond motifs is 4. The highest BCUT2D eigenvalue weighted by Gasteiger charge is 2.45. The van der Waals surface area contributed by atoms with Gasteiger partial charge in [-0.25, -0.2) is 19.6 Å². The summed E-state index contributed by atoms with van der Waals surface area (Å²) in [5, 5.41) is 16.5. The average molecular weight is 862 g/mol. The number of amides is 4. The molecular formula is C47H47N11O6. The van der Waals surface area contributed by atoms with Crippen LogP contribution in [0.25, 0.3) is 33.1 Å². The van der Waals surface area contributed by atoms with Crippen LogP contribution in [0.4, 0.5) is 11.6 Å². The molecule has 1 aliphatic carbocycles. The molecule has 0 bridgehead atoms. The number of nitrogens with zero attached hydrogens (tertiary/aromatic N) is 8. The number of rotatable bonds is 15. The monoisotopic (exact) mass is 861 g/mol. The molecule has 7 heterocycles. The van der Waals surface area contributed by atoms with E-state index in [-0.39, 0.29) is 36.4 Å². The standard InChI is InChI=1S/C47H47N11O6/c1-5-57-37(21-33(54-57)27-12-13-27)50-44-41-32-19-24(2)31(39-25(3)55-64-26(39)4)20-34(32)49-43(41)52-42(53-44)36(59)11-6-7-18-56-22-29(48-23-56)15-14-28-9-8-10-30-40(28)47(63)58(46(30)62)35-16-17-38(60)51-45(35)61/h8-10,19-23,27,35H,5-7,11-18H2,1-4H3,(H,51,60,61)(H2,49,50,52,53). The van der Waals surface area contributed by atoms with Gasteiger partial charge in [-0.2, -0.15) is 5.10 Å². The molecule has 5 aromatic heterocycles. The second-order valence-electron chi connectivity index (χ2n) is 17.1. The van der Waals surface area contributed by atoms with Gasteiger partial charge in [0.1, 0.15) is 29.1 Å². The molecule has 0 radical (unpaired) electrons. The van der Waals surface area contributed by atoms with Crippen LogP contribution in [-0.2, 0) is 35.5 Å². The number of hydrogen-bond acceptors (Lipinski definition) is 12. The van der Waals surface area contributed by atoms with Gasteiger partial charge in [0, 0.05) is 60.6 Å². The zero-order valence-electron chi connectivity index (χ0n) is 36.1. The van der Waals surface area contributed by atoms with Gasteiger partial charge < -0.3 is 19.4 Å². The van der Waals surface area contributed by atoms with Crippen LogP contribution in [0, 0.1) is 20.8 Å². The summed E-state index contributed by atoms with van der Waals surface area (Å²) in [6.45, 7) is 9.27. The third-order valence-electron chi connectivity index (χ3n) is 12.7. The van der Waals surface area contributed by atoms with E-state index < -0.39 is 29.7 Å². The first-order valence-electron chi connectivity index (χ1n) is 21.9. The third-order valence-corrected chi connectivity index (χ3v) is 12.7. The summed E-state index contributed by atoms with van der Waals surface area (Å²) in [5.74, 6) is 0.437. The molecule has 7 aromatic rings. The van der Waals surface area contributed by atoms with E-state index in [2.05, 4.69) is 57.8 Å². The van der Waals surface area contributed by atoms with Crippen molar-refractivity contribution in [2.75, 3.05) is 5.32 Å². The molecule has 2 fully saturated rings. The summed E-state index contributed by atoms with van der Waals surface area (Å²) >= 11 is 0. The maximum absolute atomic E-state index is 13.9. The van der Waals surface area contributed by atoms with Crippen molar-refractivity contribution in [2.24, 2.45) is 0 Å². The Kier molecular flexibility index (Phi) is 10.3. The summed E-state index contributed by atoms with van der Waals surface area (Å²) < 4.78 is 9.42. The number of carbonyl (C=O) groups excluding carboxylic acids is 5. The smallest absolute Gasteiger partial charge is 0.262 e. The summed E-state index contributed by atoms with van der Waals surface area (Å²) in [5.41, 5.74) is 8.36. The van der Waals surface area contributed by atoms with E-state index in [9.17, 15) is 24.0 Å². The second-order valence-corrected chi connectivity index (χ2v) is 17.1. The van der Waals surface area contributed by atoms with E-state index in [0.717, 1.165) is 79.4 Å². The highest BCUT2D eigenvalue weighted by atomic mass is 16.5. The summed E-state index contributed by atoms with van der Waals surface area (Å²) in [4.78, 5) is 83.7. The highest BCUT2D eigenvalue weighted by Crippen LogP contribution is 2.42. The number of benzene rings is 2. The van der Waals surface area contributed by atoms with Crippen molar-refractivity contribution in [1.29, 1.82) is 0 Å². The molecule has 1 atom stereocenters. The zero-order valence-corrected chi connectivity index (χ0v) is 36.1. The number of aryl methyl sites for hydroxylation is 7. The zero-order chi connectivity index (χ0) is 44.4. The molecule has 4 amide bonds. The van der Waals surface area contributed by atoms with Crippen LogP contribution in [0.1, 0.15) is 123 Å². The largest absolute Gasteiger partial charge is 0.361 e. The Morgan fingerprint density at radius 3 is 2.56 bits per heavy atom. The number of unbranched alkanes of at least 4 members (excludes halogenated alkanes) is 1. The fourth-order valence-corrected chi connectivity index (χ4v) is 9.19. The Bertz CT molecular complexity index is 3060. The quantitative estimate of drug-likeness (QED) is 0.0542. The van der Waals surface area contributed by atoms with E-state index in [1.54, 1.807) is 18.5 Å². The van der Waals surface area contributed by atoms with Crippen LogP contribution in [0.2, 0.25) is 0 Å². The van der Waals surface area contributed by atoms with Gasteiger partial charge in [0.25, 0.3) is 11.8 Å². The van der Waals surface area contributed by atoms with Crippen LogP contribution >= 0.6 is 0 Å². The number of H-pyrrole nitrogens is 1. The van der Waals surface area contributed by atoms with E-state index in [4.69, 9.17) is 19.6 Å². The molecule has 1 unspecified atom stereocenters. The van der Waals surface area contributed by atoms with Gasteiger partial charge in [0.15, 0.2) is 11.6 Å². The van der Waals surface area contributed by atoms with Gasteiger partial charge in [0.05, 0.1) is 39.9 Å². The highest BCUT2D eigenvalue weighted by molar-refractivity contribution is 6.24. The van der Waals surface area contributed by atoms with Gasteiger partial charge in [-0.05, 0) is 108 Å². The lowest BCUT2D eigenvalue weighted by atomic mass is 9.97. The molecule has 0 spiro atoms. The van der Waals surface area contributed by atoms with E-state index >= 15 is 0 Å². The maximum atomic E-state index is 13.9. The van der Waals surface area contributed by atoms with E-state index in [1.807, 2.05) is 35.4 Å². The SMILES string of the molecule is CCn1nc(C2CC2)cc1Nc1nc(C(=O)CCCCn2cnc(CCc3cccc4c3C(=O)N(C3CCC(=O)NC3=O)C4=O)c2)nc2[nH]c3cc(-c4c(C)noc4C)c(C)cc3c12. The van der Waals surface area contributed by atoms with Crippen molar-refractivity contribution >= 4 is 63.0 Å². The predicted octanol–water partition coefficient (Wildman–Crippen LogP) is 6.96. The predicted molar refractivity (Wildman–Crippen MR) is 235 cm³/mol. The molecular weight excluding hydrogens is 815 g/mol. The maximum Gasteiger partial charge on any atom is 0.262 e. The molecule has 1 saturated carbocycles. The number of Topliss-reactive ketones (excluding diaryl/α,β-unsaturated/α-hetero) is 1. The van der Waals surface area contributed by atoms with Crippen LogP contribution in [0.5, 0.6) is 0 Å². The number of anilines is 2. The lowest BCUT2D eigenvalue weighted by Gasteiger charge is -2.27. The van der Waals surface area contributed by atoms with Crippen LogP contribution in [0.15, 0.2) is 53.4 Å². The number of aromatic amines is 1. The van der Waals surface area contributed by atoms with Gasteiger partial charge in [-0.15, -0.1) is 0 Å². The van der Waals surface area contributed by atoms with E-state index in [0.29, 0.717) is 67.3 Å². The van der Waals surface area contributed by atoms with Crippen molar-refractivity contribution in [3.63, 3.8) is 0 Å². The number of nitrogens with one attached hydrogen (secondary N) is 3. The second kappa shape index (κ2) is 16.1. The molecule has 326 valence electrons. The molecule has 2 aromatic carbocycles. The molecule has 64 heavy (non-hydrogen) atoms. The molecule has 17 nitrogen and oxygen atoms in total. The Morgan fingerprint density at radius 1 is 0.953 bits per heavy atom. The third kappa shape index (κ3) is 7.33. The molecule has 3 N–H and O–H groups in total. The first-order valence-corrected chi connectivity index (χ1v) is 21.9.